The minimum absolute atomic E-state index is 0.0216. The van der Waals surface area contributed by atoms with Gasteiger partial charge in [0.25, 0.3) is 0 Å². The minimum Gasteiger partial charge on any atom is -0.507 e. The van der Waals surface area contributed by atoms with Crippen LogP contribution in [0.2, 0.25) is 0 Å². The summed E-state index contributed by atoms with van der Waals surface area (Å²) >= 11 is 1.47. The standard InChI is InChI=1S/C14H15N3O3S/c1-8(19)15-10-2-3-17(6-10)14-16-11-4-9(7-18)12(20)5-13(11)21-14/h4-5,7,10,20H,2-3,6H2,1H3,(H,15,19). The van der Waals surface area contributed by atoms with Crippen molar-refractivity contribution in [2.45, 2.75) is 19.4 Å². The number of hydrogen-bond donors (Lipinski definition) is 2. The highest BCUT2D eigenvalue weighted by atomic mass is 32.1. The molecule has 1 amide bonds. The third kappa shape index (κ3) is 2.69. The quantitative estimate of drug-likeness (QED) is 0.840. The van der Waals surface area contributed by atoms with Crippen LogP contribution >= 0.6 is 11.3 Å². The number of carbonyl (C=O) groups excluding carboxylic acids is 2. The zero-order valence-corrected chi connectivity index (χ0v) is 12.3. The molecule has 1 atom stereocenters. The van der Waals surface area contributed by atoms with Crippen molar-refractivity contribution in [1.82, 2.24) is 10.3 Å². The van der Waals surface area contributed by atoms with Crippen molar-refractivity contribution >= 4 is 38.9 Å². The van der Waals surface area contributed by atoms with Gasteiger partial charge < -0.3 is 15.3 Å². The Balaban J connectivity index is 1.85. The van der Waals surface area contributed by atoms with Gasteiger partial charge in [0.2, 0.25) is 5.91 Å². The average Bonchev–Trinajstić information content (AvgIpc) is 3.03. The first-order valence-electron chi connectivity index (χ1n) is 6.67. The van der Waals surface area contributed by atoms with Gasteiger partial charge in [-0.25, -0.2) is 4.98 Å². The lowest BCUT2D eigenvalue weighted by atomic mass is 10.2. The lowest BCUT2D eigenvalue weighted by Crippen LogP contribution is -2.35. The van der Waals surface area contributed by atoms with E-state index in [2.05, 4.69) is 15.2 Å². The van der Waals surface area contributed by atoms with E-state index in [1.54, 1.807) is 12.1 Å². The Labute approximate surface area is 125 Å². The number of aromatic nitrogens is 1. The summed E-state index contributed by atoms with van der Waals surface area (Å²) in [5.41, 5.74) is 0.953. The molecule has 3 rings (SSSR count). The van der Waals surface area contributed by atoms with E-state index < -0.39 is 0 Å². The molecule has 1 fully saturated rings. The molecule has 1 aromatic carbocycles. The number of nitrogens with zero attached hydrogens (tertiary/aromatic N) is 2. The van der Waals surface area contributed by atoms with Crippen LogP contribution in [0.3, 0.4) is 0 Å². The van der Waals surface area contributed by atoms with E-state index in [1.165, 1.54) is 18.3 Å². The molecule has 2 N–H and O–H groups in total. The van der Waals surface area contributed by atoms with Gasteiger partial charge in [0, 0.05) is 32.1 Å². The fourth-order valence-corrected chi connectivity index (χ4v) is 3.55. The Hall–Kier alpha value is -2.15. The van der Waals surface area contributed by atoms with Crippen molar-refractivity contribution in [3.05, 3.63) is 17.7 Å². The van der Waals surface area contributed by atoms with Crippen LogP contribution in [0.1, 0.15) is 23.7 Å². The highest BCUT2D eigenvalue weighted by Gasteiger charge is 2.25. The first kappa shape index (κ1) is 13.8. The maximum absolute atomic E-state index is 11.1. The Kier molecular flexibility index (Phi) is 3.50. The SMILES string of the molecule is CC(=O)NC1CCN(c2nc3cc(C=O)c(O)cc3s2)C1. The molecule has 0 radical (unpaired) electrons. The molecule has 2 aromatic rings. The Morgan fingerprint density at radius 3 is 3.10 bits per heavy atom. The second-order valence-electron chi connectivity index (χ2n) is 5.13. The largest absolute Gasteiger partial charge is 0.507 e. The third-order valence-corrected chi connectivity index (χ3v) is 4.60. The minimum atomic E-state index is -0.0229. The van der Waals surface area contributed by atoms with E-state index in [1.807, 2.05) is 0 Å². The number of benzene rings is 1. The second-order valence-corrected chi connectivity index (χ2v) is 6.13. The van der Waals surface area contributed by atoms with E-state index >= 15 is 0 Å². The fourth-order valence-electron chi connectivity index (χ4n) is 2.54. The Morgan fingerprint density at radius 1 is 1.57 bits per heavy atom. The second kappa shape index (κ2) is 5.33. The molecule has 6 nitrogen and oxygen atoms in total. The van der Waals surface area contributed by atoms with Crippen LogP contribution in [0.25, 0.3) is 10.2 Å². The number of hydrogen-bond acceptors (Lipinski definition) is 6. The summed E-state index contributed by atoms with van der Waals surface area (Å²) in [4.78, 5) is 28.6. The Bertz CT molecular complexity index is 713. The van der Waals surface area contributed by atoms with Gasteiger partial charge in [-0.05, 0) is 12.5 Å². The number of anilines is 1. The molecule has 0 spiro atoms. The van der Waals surface area contributed by atoms with Crippen LogP contribution < -0.4 is 10.2 Å². The first-order valence-corrected chi connectivity index (χ1v) is 7.49. The molecule has 1 aliphatic rings. The number of amides is 1. The number of aromatic hydroxyl groups is 1. The van der Waals surface area contributed by atoms with Crippen molar-refractivity contribution in [2.24, 2.45) is 0 Å². The summed E-state index contributed by atoms with van der Waals surface area (Å²) in [7, 11) is 0. The molecule has 0 aliphatic carbocycles. The average molecular weight is 305 g/mol. The molecule has 0 bridgehead atoms. The molecular weight excluding hydrogens is 290 g/mol. The highest BCUT2D eigenvalue weighted by Crippen LogP contribution is 2.34. The van der Waals surface area contributed by atoms with Gasteiger partial charge in [-0.3, -0.25) is 9.59 Å². The number of carbonyl (C=O) groups is 2. The number of nitrogens with one attached hydrogen (secondary N) is 1. The van der Waals surface area contributed by atoms with Gasteiger partial charge in [-0.15, -0.1) is 0 Å². The molecule has 0 saturated carbocycles. The topological polar surface area (TPSA) is 82.5 Å². The number of fused-ring (bicyclic) bond motifs is 1. The summed E-state index contributed by atoms with van der Waals surface area (Å²) < 4.78 is 0.844. The highest BCUT2D eigenvalue weighted by molar-refractivity contribution is 7.22. The Morgan fingerprint density at radius 2 is 2.38 bits per heavy atom. The number of thiazole rings is 1. The van der Waals surface area contributed by atoms with Crippen LogP contribution in [-0.4, -0.2) is 41.4 Å². The molecule has 1 aromatic heterocycles. The van der Waals surface area contributed by atoms with Crippen LogP contribution in [0.5, 0.6) is 5.75 Å². The molecule has 2 heterocycles. The van der Waals surface area contributed by atoms with Crippen LogP contribution in [0, 0.1) is 0 Å². The molecule has 1 saturated heterocycles. The first-order chi connectivity index (χ1) is 10.1. The summed E-state index contributed by atoms with van der Waals surface area (Å²) in [5, 5.41) is 13.5. The van der Waals surface area contributed by atoms with Gasteiger partial charge in [-0.1, -0.05) is 11.3 Å². The third-order valence-electron chi connectivity index (χ3n) is 3.52. The van der Waals surface area contributed by atoms with Gasteiger partial charge in [-0.2, -0.15) is 0 Å². The van der Waals surface area contributed by atoms with E-state index in [0.29, 0.717) is 11.8 Å². The lowest BCUT2D eigenvalue weighted by Gasteiger charge is -2.14. The van der Waals surface area contributed by atoms with E-state index in [-0.39, 0.29) is 23.3 Å². The van der Waals surface area contributed by atoms with E-state index in [9.17, 15) is 14.7 Å². The summed E-state index contributed by atoms with van der Waals surface area (Å²) in [6.45, 7) is 3.08. The maximum Gasteiger partial charge on any atom is 0.217 e. The normalized spacial score (nSPS) is 18.1. The van der Waals surface area contributed by atoms with E-state index in [0.717, 1.165) is 29.3 Å². The summed E-state index contributed by atoms with van der Waals surface area (Å²) in [5.74, 6) is -0.0445. The lowest BCUT2D eigenvalue weighted by molar-refractivity contribution is -0.119. The molecule has 1 unspecified atom stereocenters. The van der Waals surface area contributed by atoms with Crippen LogP contribution in [-0.2, 0) is 4.79 Å². The smallest absolute Gasteiger partial charge is 0.217 e. The number of phenols is 1. The number of aldehydes is 1. The zero-order chi connectivity index (χ0) is 15.0. The fraction of sp³-hybridized carbons (Fsp3) is 0.357. The molecular formula is C14H15N3O3S. The van der Waals surface area contributed by atoms with Crippen molar-refractivity contribution in [2.75, 3.05) is 18.0 Å². The van der Waals surface area contributed by atoms with Gasteiger partial charge in [0.1, 0.15) is 5.75 Å². The van der Waals surface area contributed by atoms with Gasteiger partial charge in [0.05, 0.1) is 15.8 Å². The van der Waals surface area contributed by atoms with E-state index in [4.69, 9.17) is 0 Å². The van der Waals surface area contributed by atoms with Crippen molar-refractivity contribution < 1.29 is 14.7 Å². The molecule has 7 heteroatoms. The van der Waals surface area contributed by atoms with Crippen molar-refractivity contribution in [3.63, 3.8) is 0 Å². The van der Waals surface area contributed by atoms with Crippen molar-refractivity contribution in [1.29, 1.82) is 0 Å². The molecule has 1 aliphatic heterocycles. The predicted molar refractivity (Wildman–Crippen MR) is 81.1 cm³/mol. The van der Waals surface area contributed by atoms with Crippen LogP contribution in [0.15, 0.2) is 12.1 Å². The predicted octanol–water partition coefficient (Wildman–Crippen LogP) is 1.53. The number of phenolic OH excluding ortho intramolecular Hbond substituents is 1. The van der Waals surface area contributed by atoms with Crippen LogP contribution in [0.4, 0.5) is 5.13 Å². The summed E-state index contributed by atoms with van der Waals surface area (Å²) in [6, 6.07) is 3.31. The molecule has 110 valence electrons. The molecule has 21 heavy (non-hydrogen) atoms. The maximum atomic E-state index is 11.1. The number of rotatable bonds is 3. The monoisotopic (exact) mass is 305 g/mol. The zero-order valence-electron chi connectivity index (χ0n) is 11.5. The van der Waals surface area contributed by atoms with Gasteiger partial charge >= 0.3 is 0 Å². The van der Waals surface area contributed by atoms with Gasteiger partial charge in [0.15, 0.2) is 11.4 Å². The summed E-state index contributed by atoms with van der Waals surface area (Å²) in [6.07, 6.45) is 1.51. The van der Waals surface area contributed by atoms with Crippen molar-refractivity contribution in [3.8, 4) is 5.75 Å².